The second-order valence-electron chi connectivity index (χ2n) is 6.43. The summed E-state index contributed by atoms with van der Waals surface area (Å²) in [5, 5.41) is 7.49. The Morgan fingerprint density at radius 2 is 1.87 bits per heavy atom. The first-order chi connectivity index (χ1) is 14.6. The first-order valence-corrected chi connectivity index (χ1v) is 10.1. The van der Waals surface area contributed by atoms with Crippen molar-refractivity contribution < 1.29 is 14.3 Å². The number of carbonyl (C=O) groups excluding carboxylic acids is 2. The number of nitrogens with one attached hydrogen (secondary N) is 3. The molecule has 2 heterocycles. The largest absolute Gasteiger partial charge is 0.497 e. The Labute approximate surface area is 176 Å². The van der Waals surface area contributed by atoms with Crippen molar-refractivity contribution in [2.24, 2.45) is 0 Å². The van der Waals surface area contributed by atoms with E-state index in [0.29, 0.717) is 29.4 Å². The summed E-state index contributed by atoms with van der Waals surface area (Å²) in [6.07, 6.45) is 0.575. The van der Waals surface area contributed by atoms with Gasteiger partial charge in [0.2, 0.25) is 0 Å². The number of ether oxygens (including phenoxy) is 1. The van der Waals surface area contributed by atoms with Gasteiger partial charge in [-0.15, -0.1) is 11.3 Å². The standard InChI is InChI=1S/C21H19N5O3S/c1-29-14-8-6-13(7-9-14)19(27)26-21-25-17(12-30-21)20(28)22-11-10-18-23-15-4-2-3-5-16(15)24-18/h2-9,12H,10-11H2,1H3,(H,22,28)(H,23,24)(H,25,26,27). The topological polar surface area (TPSA) is 109 Å². The van der Waals surface area contributed by atoms with E-state index in [1.54, 1.807) is 36.8 Å². The summed E-state index contributed by atoms with van der Waals surface area (Å²) < 4.78 is 5.08. The molecule has 0 bridgehead atoms. The van der Waals surface area contributed by atoms with Gasteiger partial charge in [0.25, 0.3) is 11.8 Å². The Balaban J connectivity index is 1.30. The number of hydrogen-bond donors (Lipinski definition) is 3. The molecule has 0 aliphatic heterocycles. The molecule has 0 atom stereocenters. The SMILES string of the molecule is COc1ccc(C(=O)Nc2nc(C(=O)NCCc3nc4ccccc4[nH]3)cs2)cc1. The fraction of sp³-hybridized carbons (Fsp3) is 0.143. The number of aromatic amines is 1. The van der Waals surface area contributed by atoms with Gasteiger partial charge in [0.05, 0.1) is 18.1 Å². The molecule has 9 heteroatoms. The van der Waals surface area contributed by atoms with Gasteiger partial charge in [-0.2, -0.15) is 0 Å². The fourth-order valence-electron chi connectivity index (χ4n) is 2.86. The molecular formula is C21H19N5O3S. The van der Waals surface area contributed by atoms with Gasteiger partial charge in [0.1, 0.15) is 17.3 Å². The zero-order valence-corrected chi connectivity index (χ0v) is 17.0. The van der Waals surface area contributed by atoms with E-state index < -0.39 is 0 Å². The summed E-state index contributed by atoms with van der Waals surface area (Å²) in [6.45, 7) is 0.420. The molecule has 0 saturated carbocycles. The van der Waals surface area contributed by atoms with Crippen molar-refractivity contribution in [3.05, 3.63) is 71.0 Å². The number of rotatable bonds is 7. The van der Waals surface area contributed by atoms with Crippen LogP contribution in [0.15, 0.2) is 53.9 Å². The van der Waals surface area contributed by atoms with Crippen LogP contribution in [0.1, 0.15) is 26.7 Å². The molecule has 0 aliphatic carbocycles. The number of carbonyl (C=O) groups is 2. The van der Waals surface area contributed by atoms with E-state index in [9.17, 15) is 9.59 Å². The third kappa shape index (κ3) is 4.47. The molecule has 2 aromatic heterocycles. The minimum atomic E-state index is -0.302. The molecule has 152 valence electrons. The summed E-state index contributed by atoms with van der Waals surface area (Å²) in [7, 11) is 1.56. The van der Waals surface area contributed by atoms with Crippen LogP contribution in [0.3, 0.4) is 0 Å². The van der Waals surface area contributed by atoms with Gasteiger partial charge in [-0.1, -0.05) is 12.1 Å². The number of imidazole rings is 1. The highest BCUT2D eigenvalue weighted by molar-refractivity contribution is 7.14. The number of fused-ring (bicyclic) bond motifs is 1. The third-order valence-corrected chi connectivity index (χ3v) is 5.15. The first-order valence-electron chi connectivity index (χ1n) is 9.25. The van der Waals surface area contributed by atoms with Crippen LogP contribution in [0.5, 0.6) is 5.75 Å². The van der Waals surface area contributed by atoms with E-state index in [1.165, 1.54) is 11.3 Å². The Kier molecular flexibility index (Phi) is 5.71. The number of nitrogens with zero attached hydrogens (tertiary/aromatic N) is 2. The number of para-hydroxylation sites is 2. The smallest absolute Gasteiger partial charge is 0.270 e. The van der Waals surface area contributed by atoms with Gasteiger partial charge in [-0.3, -0.25) is 14.9 Å². The van der Waals surface area contributed by atoms with Crippen LogP contribution in [0.2, 0.25) is 0 Å². The van der Waals surface area contributed by atoms with E-state index in [4.69, 9.17) is 4.74 Å². The van der Waals surface area contributed by atoms with Crippen molar-refractivity contribution in [1.29, 1.82) is 0 Å². The molecule has 3 N–H and O–H groups in total. The van der Waals surface area contributed by atoms with Gasteiger partial charge < -0.3 is 15.0 Å². The van der Waals surface area contributed by atoms with Crippen LogP contribution in [0, 0.1) is 0 Å². The lowest BCUT2D eigenvalue weighted by molar-refractivity contribution is 0.0948. The maximum absolute atomic E-state index is 12.3. The van der Waals surface area contributed by atoms with Gasteiger partial charge in [0, 0.05) is 23.9 Å². The summed E-state index contributed by atoms with van der Waals surface area (Å²) in [5.74, 6) is 0.876. The average Bonchev–Trinajstić information content (AvgIpc) is 3.40. The number of thiazole rings is 1. The monoisotopic (exact) mass is 421 g/mol. The molecule has 0 spiro atoms. The minimum Gasteiger partial charge on any atom is -0.497 e. The summed E-state index contributed by atoms with van der Waals surface area (Å²) in [6, 6.07) is 14.5. The zero-order valence-electron chi connectivity index (χ0n) is 16.1. The molecule has 0 unspecified atom stereocenters. The van der Waals surface area contributed by atoms with Crippen molar-refractivity contribution in [2.75, 3.05) is 19.0 Å². The zero-order chi connectivity index (χ0) is 20.9. The predicted molar refractivity (Wildman–Crippen MR) is 115 cm³/mol. The molecular weight excluding hydrogens is 402 g/mol. The average molecular weight is 421 g/mol. The molecule has 2 aromatic carbocycles. The Bertz CT molecular complexity index is 1150. The molecule has 0 aliphatic rings. The van der Waals surface area contributed by atoms with Crippen LogP contribution >= 0.6 is 11.3 Å². The lowest BCUT2D eigenvalue weighted by atomic mass is 10.2. The summed E-state index contributed by atoms with van der Waals surface area (Å²) in [4.78, 5) is 36.5. The Morgan fingerprint density at radius 1 is 1.07 bits per heavy atom. The maximum atomic E-state index is 12.3. The van der Waals surface area contributed by atoms with Gasteiger partial charge in [-0.05, 0) is 36.4 Å². The molecule has 0 saturated heterocycles. The number of aromatic nitrogens is 3. The van der Waals surface area contributed by atoms with Crippen molar-refractivity contribution >= 4 is 39.3 Å². The lowest BCUT2D eigenvalue weighted by Gasteiger charge is -2.03. The van der Waals surface area contributed by atoms with Gasteiger partial charge in [-0.25, -0.2) is 9.97 Å². The Hall–Kier alpha value is -3.72. The number of anilines is 1. The normalized spacial score (nSPS) is 10.7. The molecule has 30 heavy (non-hydrogen) atoms. The second kappa shape index (κ2) is 8.75. The molecule has 4 rings (SSSR count). The summed E-state index contributed by atoms with van der Waals surface area (Å²) >= 11 is 1.19. The first kappa shape index (κ1) is 19.6. The Morgan fingerprint density at radius 3 is 2.63 bits per heavy atom. The van der Waals surface area contributed by atoms with Crippen molar-refractivity contribution in [3.8, 4) is 5.75 Å². The van der Waals surface area contributed by atoms with E-state index in [2.05, 4.69) is 25.6 Å². The van der Waals surface area contributed by atoms with Crippen molar-refractivity contribution in [2.45, 2.75) is 6.42 Å². The van der Waals surface area contributed by atoms with Crippen LogP contribution in [0.25, 0.3) is 11.0 Å². The lowest BCUT2D eigenvalue weighted by Crippen LogP contribution is -2.26. The molecule has 0 radical (unpaired) electrons. The number of benzene rings is 2. The molecule has 0 fully saturated rings. The van der Waals surface area contributed by atoms with Crippen LogP contribution in [0.4, 0.5) is 5.13 Å². The molecule has 2 amide bonds. The highest BCUT2D eigenvalue weighted by atomic mass is 32.1. The fourth-order valence-corrected chi connectivity index (χ4v) is 3.54. The number of H-pyrrole nitrogens is 1. The van der Waals surface area contributed by atoms with E-state index in [0.717, 1.165) is 16.9 Å². The molecule has 8 nitrogen and oxygen atoms in total. The van der Waals surface area contributed by atoms with Gasteiger partial charge >= 0.3 is 0 Å². The third-order valence-electron chi connectivity index (χ3n) is 4.40. The number of amides is 2. The van der Waals surface area contributed by atoms with E-state index in [-0.39, 0.29) is 17.5 Å². The van der Waals surface area contributed by atoms with Crippen LogP contribution in [-0.2, 0) is 6.42 Å². The van der Waals surface area contributed by atoms with Crippen molar-refractivity contribution in [3.63, 3.8) is 0 Å². The highest BCUT2D eigenvalue weighted by Gasteiger charge is 2.13. The number of methoxy groups -OCH3 is 1. The van der Waals surface area contributed by atoms with E-state index in [1.807, 2.05) is 24.3 Å². The van der Waals surface area contributed by atoms with Crippen LogP contribution < -0.4 is 15.4 Å². The van der Waals surface area contributed by atoms with Crippen molar-refractivity contribution in [1.82, 2.24) is 20.3 Å². The quantitative estimate of drug-likeness (QED) is 0.424. The maximum Gasteiger partial charge on any atom is 0.270 e. The predicted octanol–water partition coefficient (Wildman–Crippen LogP) is 3.25. The van der Waals surface area contributed by atoms with Crippen LogP contribution in [-0.4, -0.2) is 40.4 Å². The highest BCUT2D eigenvalue weighted by Crippen LogP contribution is 2.18. The number of hydrogen-bond acceptors (Lipinski definition) is 6. The molecule has 4 aromatic rings. The summed E-state index contributed by atoms with van der Waals surface area (Å²) in [5.41, 5.74) is 2.60. The van der Waals surface area contributed by atoms with E-state index >= 15 is 0 Å². The second-order valence-corrected chi connectivity index (χ2v) is 7.29. The van der Waals surface area contributed by atoms with Gasteiger partial charge in [0.15, 0.2) is 5.13 Å². The minimum absolute atomic E-state index is 0.259.